The molecule has 148 valence electrons. The van der Waals surface area contributed by atoms with Crippen LogP contribution in [0, 0.1) is 0 Å². The number of carbonyl (C=O) groups excluding carboxylic acids is 1. The van der Waals surface area contributed by atoms with Crippen molar-refractivity contribution in [1.82, 2.24) is 9.21 Å². The number of fused-ring (bicyclic) bond motifs is 1. The van der Waals surface area contributed by atoms with E-state index in [1.54, 1.807) is 21.3 Å². The first-order valence-electron chi connectivity index (χ1n) is 10.0. The molecule has 1 heterocycles. The number of sulfonamides is 1. The molecule has 0 radical (unpaired) electrons. The summed E-state index contributed by atoms with van der Waals surface area (Å²) in [6, 6.07) is 5.30. The number of amides is 1. The van der Waals surface area contributed by atoms with E-state index in [0.717, 1.165) is 61.8 Å². The maximum absolute atomic E-state index is 13.0. The Kier molecular flexibility index (Phi) is 6.37. The lowest BCUT2D eigenvalue weighted by molar-refractivity contribution is -0.125. The Hall–Kier alpha value is -1.66. The predicted molar refractivity (Wildman–Crippen MR) is 108 cm³/mol. The number of unbranched alkanes of at least 4 members (excludes halogenated alkanes) is 1. The molecule has 1 fully saturated rings. The van der Waals surface area contributed by atoms with Crippen LogP contribution in [-0.4, -0.2) is 50.2 Å². The van der Waals surface area contributed by atoms with Gasteiger partial charge in [-0.1, -0.05) is 32.3 Å². The van der Waals surface area contributed by atoms with Crippen LogP contribution in [0.15, 0.2) is 28.7 Å². The highest BCUT2D eigenvalue weighted by Crippen LogP contribution is 2.30. The topological polar surface area (TPSA) is 57.7 Å². The number of hydrogen-bond donors (Lipinski definition) is 0. The highest BCUT2D eigenvalue weighted by Gasteiger charge is 2.27. The van der Waals surface area contributed by atoms with Crippen LogP contribution >= 0.6 is 0 Å². The minimum absolute atomic E-state index is 0.0385. The van der Waals surface area contributed by atoms with Crippen molar-refractivity contribution in [2.75, 3.05) is 26.7 Å². The molecule has 6 heteroatoms. The van der Waals surface area contributed by atoms with Crippen molar-refractivity contribution in [3.63, 3.8) is 0 Å². The molecule has 27 heavy (non-hydrogen) atoms. The zero-order valence-electron chi connectivity index (χ0n) is 16.4. The molecule has 0 saturated carbocycles. The fraction of sp³-hybridized carbons (Fsp3) is 0.571. The van der Waals surface area contributed by atoms with Crippen LogP contribution in [0.3, 0.4) is 0 Å². The first kappa shape index (κ1) is 20.1. The zero-order chi connectivity index (χ0) is 19.4. The maximum atomic E-state index is 13.0. The van der Waals surface area contributed by atoms with Gasteiger partial charge in [-0.05, 0) is 48.6 Å². The van der Waals surface area contributed by atoms with Crippen molar-refractivity contribution < 1.29 is 13.2 Å². The van der Waals surface area contributed by atoms with Crippen molar-refractivity contribution in [2.24, 2.45) is 0 Å². The molecule has 5 nitrogen and oxygen atoms in total. The lowest BCUT2D eigenvalue weighted by Gasteiger charge is -2.20. The highest BCUT2D eigenvalue weighted by atomic mass is 32.2. The second kappa shape index (κ2) is 8.57. The van der Waals surface area contributed by atoms with E-state index in [2.05, 4.69) is 6.92 Å². The van der Waals surface area contributed by atoms with Gasteiger partial charge in [-0.15, -0.1) is 0 Å². The van der Waals surface area contributed by atoms with Gasteiger partial charge in [0.2, 0.25) is 15.9 Å². The lowest BCUT2D eigenvalue weighted by atomic mass is 10.1. The van der Waals surface area contributed by atoms with Crippen molar-refractivity contribution in [3.8, 4) is 0 Å². The van der Waals surface area contributed by atoms with Gasteiger partial charge in [0.15, 0.2) is 0 Å². The van der Waals surface area contributed by atoms with Gasteiger partial charge < -0.3 is 4.90 Å². The monoisotopic (exact) mass is 390 g/mol. The van der Waals surface area contributed by atoms with Crippen LogP contribution in [0.1, 0.15) is 56.6 Å². The van der Waals surface area contributed by atoms with Gasteiger partial charge in [0.25, 0.3) is 0 Å². The van der Waals surface area contributed by atoms with Gasteiger partial charge in [-0.3, -0.25) is 4.79 Å². The molecule has 1 aromatic carbocycles. The van der Waals surface area contributed by atoms with Gasteiger partial charge in [0.1, 0.15) is 0 Å². The molecule has 0 atom stereocenters. The Bertz CT molecular complexity index is 822. The van der Waals surface area contributed by atoms with E-state index >= 15 is 0 Å². The fourth-order valence-electron chi connectivity index (χ4n) is 3.78. The molecule has 1 amide bonds. The maximum Gasteiger partial charge on any atom is 0.249 e. The summed E-state index contributed by atoms with van der Waals surface area (Å²) in [5, 5.41) is 0. The van der Waals surface area contributed by atoms with E-state index in [1.165, 1.54) is 0 Å². The van der Waals surface area contributed by atoms with Crippen LogP contribution in [-0.2, 0) is 21.2 Å². The van der Waals surface area contributed by atoms with Crippen LogP contribution < -0.4 is 0 Å². The number of hydrogen-bond acceptors (Lipinski definition) is 3. The van der Waals surface area contributed by atoms with Gasteiger partial charge in [0.05, 0.1) is 4.90 Å². The number of likely N-dealkylation sites (N-methyl/N-ethyl adjacent to an activating group) is 1. The van der Waals surface area contributed by atoms with Crippen LogP contribution in [0.25, 0.3) is 6.08 Å². The molecule has 1 saturated heterocycles. The Morgan fingerprint density at radius 3 is 2.52 bits per heavy atom. The number of carbonyl (C=O) groups is 1. The summed E-state index contributed by atoms with van der Waals surface area (Å²) in [5.41, 5.74) is 2.63. The van der Waals surface area contributed by atoms with Crippen LogP contribution in [0.4, 0.5) is 0 Å². The molecule has 3 rings (SSSR count). The molecule has 1 aliphatic heterocycles. The first-order valence-corrected chi connectivity index (χ1v) is 11.5. The van der Waals surface area contributed by atoms with E-state index in [0.29, 0.717) is 24.4 Å². The molecular weight excluding hydrogens is 360 g/mol. The van der Waals surface area contributed by atoms with Gasteiger partial charge in [0, 0.05) is 38.7 Å². The SMILES string of the molecule is CCCCN(C)C(=O)C1=Cc2cc(S(=O)(=O)N3CCCCCC3)ccc2C1. The Morgan fingerprint density at radius 1 is 1.15 bits per heavy atom. The normalized spacial score (nSPS) is 17.9. The number of benzene rings is 1. The number of nitrogens with zero attached hydrogens (tertiary/aromatic N) is 2. The smallest absolute Gasteiger partial charge is 0.249 e. The summed E-state index contributed by atoms with van der Waals surface area (Å²) in [4.78, 5) is 14.7. The summed E-state index contributed by atoms with van der Waals surface area (Å²) in [6.07, 6.45) is 8.51. The third kappa shape index (κ3) is 4.43. The van der Waals surface area contributed by atoms with Gasteiger partial charge >= 0.3 is 0 Å². The van der Waals surface area contributed by atoms with E-state index < -0.39 is 10.0 Å². The minimum atomic E-state index is -3.46. The molecule has 0 N–H and O–H groups in total. The van der Waals surface area contributed by atoms with Crippen molar-refractivity contribution in [1.29, 1.82) is 0 Å². The van der Waals surface area contributed by atoms with Crippen LogP contribution in [0.5, 0.6) is 0 Å². The third-order valence-electron chi connectivity index (χ3n) is 5.50. The summed E-state index contributed by atoms with van der Waals surface area (Å²) in [7, 11) is -1.63. The van der Waals surface area contributed by atoms with Crippen LogP contribution in [0.2, 0.25) is 0 Å². The molecule has 0 unspecified atom stereocenters. The Balaban J connectivity index is 1.80. The van der Waals surface area contributed by atoms with E-state index in [-0.39, 0.29) is 5.91 Å². The molecule has 0 spiro atoms. The summed E-state index contributed by atoms with van der Waals surface area (Å²) in [6.45, 7) is 4.05. The van der Waals surface area contributed by atoms with E-state index in [1.807, 2.05) is 19.2 Å². The Morgan fingerprint density at radius 2 is 1.85 bits per heavy atom. The standard InChI is InChI=1S/C21H30N2O3S/c1-3-4-11-22(2)21(24)19-14-17-9-10-20(16-18(17)15-19)27(25,26)23-12-7-5-6-8-13-23/h9-10,15-16H,3-8,11-14H2,1-2H3. The average Bonchev–Trinajstić information content (AvgIpc) is 2.88. The molecule has 1 aromatic rings. The number of rotatable bonds is 6. The van der Waals surface area contributed by atoms with E-state index in [9.17, 15) is 13.2 Å². The van der Waals surface area contributed by atoms with E-state index in [4.69, 9.17) is 0 Å². The molecular formula is C21H30N2O3S. The fourth-order valence-corrected chi connectivity index (χ4v) is 5.34. The molecule has 0 bridgehead atoms. The zero-order valence-corrected chi connectivity index (χ0v) is 17.2. The van der Waals surface area contributed by atoms with Crippen molar-refractivity contribution in [2.45, 2.75) is 56.8 Å². The summed E-state index contributed by atoms with van der Waals surface area (Å²) in [5.74, 6) is 0.0385. The Labute approximate surface area is 163 Å². The second-order valence-corrected chi connectivity index (χ2v) is 9.54. The average molecular weight is 391 g/mol. The molecule has 0 aromatic heterocycles. The highest BCUT2D eigenvalue weighted by molar-refractivity contribution is 7.89. The summed E-state index contributed by atoms with van der Waals surface area (Å²) < 4.78 is 27.6. The van der Waals surface area contributed by atoms with Gasteiger partial charge in [-0.25, -0.2) is 8.42 Å². The lowest BCUT2D eigenvalue weighted by Crippen LogP contribution is -2.31. The van der Waals surface area contributed by atoms with Crippen molar-refractivity contribution in [3.05, 3.63) is 34.9 Å². The second-order valence-electron chi connectivity index (χ2n) is 7.61. The quantitative estimate of drug-likeness (QED) is 0.747. The largest absolute Gasteiger partial charge is 0.342 e. The minimum Gasteiger partial charge on any atom is -0.342 e. The van der Waals surface area contributed by atoms with Crippen molar-refractivity contribution >= 4 is 22.0 Å². The van der Waals surface area contributed by atoms with Gasteiger partial charge in [-0.2, -0.15) is 4.31 Å². The molecule has 2 aliphatic rings. The summed E-state index contributed by atoms with van der Waals surface area (Å²) >= 11 is 0. The first-order chi connectivity index (χ1) is 12.9. The third-order valence-corrected chi connectivity index (χ3v) is 7.39. The molecule has 1 aliphatic carbocycles. The predicted octanol–water partition coefficient (Wildman–Crippen LogP) is 3.45.